The Morgan fingerprint density at radius 2 is 1.68 bits per heavy atom. The van der Waals surface area contributed by atoms with E-state index in [1.807, 2.05) is 12.1 Å². The summed E-state index contributed by atoms with van der Waals surface area (Å²) >= 11 is 0. The number of morpholine rings is 1. The highest BCUT2D eigenvalue weighted by molar-refractivity contribution is 6.32. The average Bonchev–Trinajstić information content (AvgIpc) is 2.91. The van der Waals surface area contributed by atoms with E-state index in [1.165, 1.54) is 5.57 Å². The zero-order valence-corrected chi connectivity index (χ0v) is 24.0. The van der Waals surface area contributed by atoms with Crippen molar-refractivity contribution in [2.24, 2.45) is 5.41 Å². The van der Waals surface area contributed by atoms with Crippen LogP contribution in [0.3, 0.4) is 0 Å². The summed E-state index contributed by atoms with van der Waals surface area (Å²) in [7, 11) is 0. The number of ketones is 2. The minimum atomic E-state index is -0.287. The predicted octanol–water partition coefficient (Wildman–Crippen LogP) is 3.83. The van der Waals surface area contributed by atoms with Gasteiger partial charge in [-0.1, -0.05) is 51.1 Å². The molecule has 208 valence electrons. The molecule has 7 heteroatoms. The number of hydrogen-bond acceptors (Lipinski definition) is 6. The molecule has 0 bridgehead atoms. The molecule has 0 radical (unpaired) electrons. The third kappa shape index (κ3) is 4.82. The molecule has 2 aliphatic heterocycles. The van der Waals surface area contributed by atoms with Crippen molar-refractivity contribution in [3.8, 4) is 5.75 Å². The van der Waals surface area contributed by atoms with Crippen molar-refractivity contribution in [1.82, 2.24) is 4.90 Å². The first-order valence-corrected chi connectivity index (χ1v) is 14.3. The number of rotatable bonds is 5. The Hall–Kier alpha value is -3.55. The first-order chi connectivity index (χ1) is 19.1. The van der Waals surface area contributed by atoms with Crippen LogP contribution in [0.15, 0.2) is 54.1 Å². The Labute approximate surface area is 236 Å². The van der Waals surface area contributed by atoms with Crippen molar-refractivity contribution in [2.45, 2.75) is 59.4 Å². The van der Waals surface area contributed by atoms with E-state index in [2.05, 4.69) is 62.0 Å². The second kappa shape index (κ2) is 10.1. The lowest BCUT2D eigenvalue weighted by Gasteiger charge is -2.35. The van der Waals surface area contributed by atoms with E-state index >= 15 is 0 Å². The topological polar surface area (TPSA) is 81.8 Å². The van der Waals surface area contributed by atoms with Crippen molar-refractivity contribution < 1.29 is 24.1 Å². The number of carbonyl (C=O) groups is 2. The van der Waals surface area contributed by atoms with Crippen molar-refractivity contribution in [3.05, 3.63) is 76.4 Å². The lowest BCUT2D eigenvalue weighted by molar-refractivity contribution is -0.362. The standard InChI is InChI=1S/C33H37N3O4/c1-19-17-36(18-20(2)39-19)14-8-13-34-25-16-27-30(35-24-12-11-21(33(3,4)5)15-26(24)40-27)29-28(25)31(37)22-9-6-7-10-23(22)32(29)38/h6-7,9-12,15-16,19-20,26,34H,8,13-14,17-18H2,1-5H3/p+1/t19-,20-,26?/m1/s1. The first kappa shape index (κ1) is 26.7. The Balaban J connectivity index is 1.34. The van der Waals surface area contributed by atoms with Gasteiger partial charge in [0.2, 0.25) is 17.6 Å². The Morgan fingerprint density at radius 1 is 1.00 bits per heavy atom. The number of nitrogens with zero attached hydrogens (tertiary/aromatic N) is 1. The summed E-state index contributed by atoms with van der Waals surface area (Å²) in [5.74, 6) is 0.266. The van der Waals surface area contributed by atoms with Crippen molar-refractivity contribution >= 4 is 28.7 Å². The molecule has 0 aromatic heterocycles. The molecule has 6 rings (SSSR count). The SMILES string of the molecule is C[C@@H]1CN(CCCNc2cc3c(c4c2C(=O)c2ccccc2C4=O)[NH+]=C2C=CC(C(C)(C)C)=CC2O3)C[C@@H](C)O1. The molecule has 4 aliphatic rings. The van der Waals surface area contributed by atoms with Gasteiger partial charge in [0.1, 0.15) is 5.56 Å². The van der Waals surface area contributed by atoms with E-state index in [0.717, 1.165) is 31.8 Å². The lowest BCUT2D eigenvalue weighted by Crippen LogP contribution is -2.72. The molecule has 2 aromatic rings. The summed E-state index contributed by atoms with van der Waals surface area (Å²) in [5, 5.41) is 3.50. The third-order valence-corrected chi connectivity index (χ3v) is 8.09. The van der Waals surface area contributed by atoms with Crippen molar-refractivity contribution in [2.75, 3.05) is 31.5 Å². The number of fused-ring (bicyclic) bond motifs is 5. The summed E-state index contributed by atoms with van der Waals surface area (Å²) in [4.78, 5) is 33.6. The highest BCUT2D eigenvalue weighted by Gasteiger charge is 2.41. The molecule has 40 heavy (non-hydrogen) atoms. The fourth-order valence-electron chi connectivity index (χ4n) is 6.19. The normalized spacial score (nSPS) is 23.8. The van der Waals surface area contributed by atoms with Gasteiger partial charge in [-0.2, -0.15) is 0 Å². The molecule has 1 unspecified atom stereocenters. The monoisotopic (exact) mass is 540 g/mol. The number of allylic oxidation sites excluding steroid dienone is 2. The van der Waals surface area contributed by atoms with Crippen molar-refractivity contribution in [1.29, 1.82) is 0 Å². The number of carbonyl (C=O) groups excluding carboxylic acids is 2. The van der Waals surface area contributed by atoms with Crippen LogP contribution in [-0.2, 0) is 4.74 Å². The summed E-state index contributed by atoms with van der Waals surface area (Å²) < 4.78 is 12.4. The molecule has 2 aromatic carbocycles. The molecule has 1 saturated heterocycles. The molecule has 7 nitrogen and oxygen atoms in total. The smallest absolute Gasteiger partial charge is 0.258 e. The molecular weight excluding hydrogens is 502 g/mol. The third-order valence-electron chi connectivity index (χ3n) is 8.09. The maximum atomic E-state index is 13.9. The van der Waals surface area contributed by atoms with Gasteiger partial charge < -0.3 is 14.8 Å². The zero-order valence-electron chi connectivity index (χ0n) is 24.0. The average molecular weight is 541 g/mol. The zero-order chi connectivity index (χ0) is 28.2. The molecule has 0 amide bonds. The van der Waals surface area contributed by atoms with Gasteiger partial charge in [-0.25, -0.2) is 4.99 Å². The van der Waals surface area contributed by atoms with Crippen LogP contribution in [0.2, 0.25) is 0 Å². The van der Waals surface area contributed by atoms with Gasteiger partial charge in [0, 0.05) is 49.4 Å². The fraction of sp³-hybridized carbons (Fsp3) is 0.424. The molecule has 3 atom stereocenters. The number of ether oxygens (including phenoxy) is 2. The van der Waals surface area contributed by atoms with Gasteiger partial charge in [0.25, 0.3) is 5.69 Å². The second-order valence-electron chi connectivity index (χ2n) is 12.4. The number of benzene rings is 2. The fourth-order valence-corrected chi connectivity index (χ4v) is 6.19. The van der Waals surface area contributed by atoms with Crippen LogP contribution in [0.25, 0.3) is 0 Å². The quantitative estimate of drug-likeness (QED) is 0.479. The predicted molar refractivity (Wildman–Crippen MR) is 156 cm³/mol. The summed E-state index contributed by atoms with van der Waals surface area (Å²) in [6, 6.07) is 8.96. The molecule has 1 fully saturated rings. The molecule has 2 heterocycles. The van der Waals surface area contributed by atoms with Gasteiger partial charge in [-0.3, -0.25) is 14.5 Å². The first-order valence-electron chi connectivity index (χ1n) is 14.3. The number of hydrogen-bond donors (Lipinski definition) is 2. The van der Waals surface area contributed by atoms with Crippen molar-refractivity contribution in [3.63, 3.8) is 0 Å². The van der Waals surface area contributed by atoms with Gasteiger partial charge >= 0.3 is 0 Å². The van der Waals surface area contributed by atoms with Gasteiger partial charge in [0.15, 0.2) is 11.5 Å². The lowest BCUT2D eigenvalue weighted by atomic mass is 9.81. The molecule has 0 saturated carbocycles. The summed E-state index contributed by atoms with van der Waals surface area (Å²) in [6.45, 7) is 14.2. The molecule has 2 aliphatic carbocycles. The van der Waals surface area contributed by atoms with E-state index in [1.54, 1.807) is 24.3 Å². The summed E-state index contributed by atoms with van der Waals surface area (Å²) in [6.07, 6.45) is 7.29. The summed E-state index contributed by atoms with van der Waals surface area (Å²) in [5.41, 5.74) is 4.90. The second-order valence-corrected chi connectivity index (χ2v) is 12.4. The highest BCUT2D eigenvalue weighted by atomic mass is 16.5. The number of nitrogens with one attached hydrogen (secondary N) is 2. The Bertz CT molecular complexity index is 1470. The van der Waals surface area contributed by atoms with Gasteiger partial charge in [-0.05, 0) is 37.3 Å². The van der Waals surface area contributed by atoms with Gasteiger partial charge in [-0.15, -0.1) is 0 Å². The molecule has 0 spiro atoms. The van der Waals surface area contributed by atoms with E-state index in [0.29, 0.717) is 45.9 Å². The maximum absolute atomic E-state index is 13.9. The number of anilines is 1. The highest BCUT2D eigenvalue weighted by Crippen LogP contribution is 2.42. The Morgan fingerprint density at radius 3 is 2.35 bits per heavy atom. The van der Waals surface area contributed by atoms with E-state index in [-0.39, 0.29) is 35.3 Å². The van der Waals surface area contributed by atoms with Gasteiger partial charge in [0.05, 0.1) is 23.5 Å². The Kier molecular flexibility index (Phi) is 6.75. The van der Waals surface area contributed by atoms with Crippen LogP contribution >= 0.6 is 0 Å². The van der Waals surface area contributed by atoms with Crippen LogP contribution < -0.4 is 15.0 Å². The maximum Gasteiger partial charge on any atom is 0.258 e. The largest absolute Gasteiger partial charge is 0.468 e. The van der Waals surface area contributed by atoms with Crippen LogP contribution in [0.1, 0.15) is 72.9 Å². The van der Waals surface area contributed by atoms with E-state index in [9.17, 15) is 9.59 Å². The van der Waals surface area contributed by atoms with E-state index in [4.69, 9.17) is 9.47 Å². The van der Waals surface area contributed by atoms with Crippen LogP contribution in [-0.4, -0.2) is 66.7 Å². The minimum absolute atomic E-state index is 0.0175. The van der Waals surface area contributed by atoms with E-state index < -0.39 is 0 Å². The molecular formula is C33H38N3O4+. The molecule has 2 N–H and O–H groups in total. The van der Waals surface area contributed by atoms with Crippen LogP contribution in [0.4, 0.5) is 11.4 Å². The van der Waals surface area contributed by atoms with Crippen LogP contribution in [0.5, 0.6) is 5.75 Å². The minimum Gasteiger partial charge on any atom is -0.468 e. The van der Waals surface area contributed by atoms with Crippen LogP contribution in [0, 0.1) is 5.41 Å².